The topological polar surface area (TPSA) is 36.9 Å². The van der Waals surface area contributed by atoms with Gasteiger partial charge in [0, 0.05) is 17.5 Å². The minimum atomic E-state index is -0.0800. The molecule has 0 radical (unpaired) electrons. The Kier molecular flexibility index (Phi) is 11.2. The van der Waals surface area contributed by atoms with Gasteiger partial charge >= 0.3 is 0 Å². The first kappa shape index (κ1) is 25.2. The fraction of sp³-hybridized carbons (Fsp3) is 0.500. The van der Waals surface area contributed by atoms with Crippen LogP contribution in [-0.2, 0) is 0 Å². The van der Waals surface area contributed by atoms with Crippen LogP contribution in [-0.4, -0.2) is 17.4 Å². The third kappa shape index (κ3) is 8.47. The quantitative estimate of drug-likeness (QED) is 0.200. The van der Waals surface area contributed by atoms with Crippen LogP contribution in [0.3, 0.4) is 0 Å². The Morgan fingerprint density at radius 2 is 1.39 bits per heavy atom. The average molecular weight is 466 g/mol. The second-order valence-corrected chi connectivity index (χ2v) is 9.07. The molecule has 0 saturated heterocycles. The summed E-state index contributed by atoms with van der Waals surface area (Å²) in [5.74, 6) is 2.72. The summed E-state index contributed by atoms with van der Waals surface area (Å²) in [7, 11) is 0. The number of rotatable bonds is 16. The molecule has 4 nitrogen and oxygen atoms in total. The summed E-state index contributed by atoms with van der Waals surface area (Å²) in [6.07, 6.45) is 15.7. The van der Waals surface area contributed by atoms with Gasteiger partial charge in [0.15, 0.2) is 0 Å². The van der Waals surface area contributed by atoms with Crippen LogP contribution in [0.15, 0.2) is 59.7 Å². The zero-order valence-electron chi connectivity index (χ0n) is 20.0. The third-order valence-electron chi connectivity index (χ3n) is 6.11. The van der Waals surface area contributed by atoms with Crippen molar-refractivity contribution in [2.24, 2.45) is 5.10 Å². The van der Waals surface area contributed by atoms with Crippen LogP contribution in [0.4, 0.5) is 5.69 Å². The average Bonchev–Trinajstić information content (AvgIpc) is 3.26. The SMILES string of the molecule is CCCCCCCCCCCCCC1=NNC(C=S)N1c1ccc(Oc2ccccc2)cc1. The number of thiocarbonyl (C=S) groups is 1. The Morgan fingerprint density at radius 1 is 0.818 bits per heavy atom. The van der Waals surface area contributed by atoms with E-state index in [2.05, 4.69) is 34.5 Å². The molecule has 5 heteroatoms. The molecule has 0 aliphatic carbocycles. The van der Waals surface area contributed by atoms with Crippen LogP contribution < -0.4 is 15.1 Å². The molecule has 1 heterocycles. The number of hydrazone groups is 1. The fourth-order valence-electron chi connectivity index (χ4n) is 4.24. The summed E-state index contributed by atoms with van der Waals surface area (Å²) in [4.78, 5) is 2.20. The van der Waals surface area contributed by atoms with E-state index in [1.807, 2.05) is 42.5 Å². The minimum absolute atomic E-state index is 0.0800. The first-order chi connectivity index (χ1) is 16.3. The van der Waals surface area contributed by atoms with Gasteiger partial charge in [-0.1, -0.05) is 102 Å². The highest BCUT2D eigenvalue weighted by molar-refractivity contribution is 7.79. The van der Waals surface area contributed by atoms with Crippen LogP contribution in [0.1, 0.15) is 84.0 Å². The van der Waals surface area contributed by atoms with E-state index in [1.54, 1.807) is 5.37 Å². The summed E-state index contributed by atoms with van der Waals surface area (Å²) in [6.45, 7) is 2.28. The highest BCUT2D eigenvalue weighted by Crippen LogP contribution is 2.27. The van der Waals surface area contributed by atoms with Gasteiger partial charge in [0.05, 0.1) is 0 Å². The van der Waals surface area contributed by atoms with E-state index < -0.39 is 0 Å². The Hall–Kier alpha value is -2.40. The Bertz CT molecular complexity index is 838. The minimum Gasteiger partial charge on any atom is -0.457 e. The lowest BCUT2D eigenvalue weighted by atomic mass is 10.0. The van der Waals surface area contributed by atoms with Gasteiger partial charge in [-0.05, 0) is 42.8 Å². The highest BCUT2D eigenvalue weighted by Gasteiger charge is 2.26. The van der Waals surface area contributed by atoms with Gasteiger partial charge in [-0.15, -0.1) is 0 Å². The van der Waals surface area contributed by atoms with Crippen molar-refractivity contribution in [3.05, 3.63) is 54.6 Å². The maximum absolute atomic E-state index is 5.93. The number of hydrogen-bond donors (Lipinski definition) is 1. The van der Waals surface area contributed by atoms with Crippen LogP contribution in [0.25, 0.3) is 0 Å². The van der Waals surface area contributed by atoms with E-state index in [0.29, 0.717) is 0 Å². The summed E-state index contributed by atoms with van der Waals surface area (Å²) < 4.78 is 5.93. The smallest absolute Gasteiger partial charge is 0.150 e. The van der Waals surface area contributed by atoms with E-state index >= 15 is 0 Å². The number of amidine groups is 1. The summed E-state index contributed by atoms with van der Waals surface area (Å²) >= 11 is 5.26. The van der Waals surface area contributed by atoms with E-state index in [4.69, 9.17) is 17.0 Å². The molecule has 0 saturated carbocycles. The van der Waals surface area contributed by atoms with Crippen LogP contribution >= 0.6 is 12.2 Å². The molecule has 33 heavy (non-hydrogen) atoms. The summed E-state index contributed by atoms with van der Waals surface area (Å²) in [6, 6.07) is 18.0. The maximum Gasteiger partial charge on any atom is 0.150 e. The number of anilines is 1. The lowest BCUT2D eigenvalue weighted by Crippen LogP contribution is -2.41. The molecule has 1 aliphatic heterocycles. The normalized spacial score (nSPS) is 15.2. The molecule has 0 aromatic heterocycles. The number of unbranched alkanes of at least 4 members (excludes halogenated alkanes) is 10. The fourth-order valence-corrected chi connectivity index (χ4v) is 4.42. The number of benzene rings is 2. The van der Waals surface area contributed by atoms with Crippen molar-refractivity contribution in [2.45, 2.75) is 90.1 Å². The number of ether oxygens (including phenoxy) is 1. The molecule has 0 fully saturated rings. The van der Waals surface area contributed by atoms with Gasteiger partial charge in [-0.25, -0.2) is 0 Å². The largest absolute Gasteiger partial charge is 0.457 e. The van der Waals surface area contributed by atoms with Crippen molar-refractivity contribution in [3.8, 4) is 11.5 Å². The standard InChI is InChI=1S/C28H39N3OS/c1-2-3-4-5-6-7-8-9-10-11-15-18-27-29-30-28(23-33)31(27)24-19-21-26(22-20-24)32-25-16-13-12-14-17-25/h12-14,16-17,19-23,28,30H,2-11,15,18H2,1H3. The van der Waals surface area contributed by atoms with Crippen LogP contribution in [0.2, 0.25) is 0 Å². The van der Waals surface area contributed by atoms with E-state index in [1.165, 1.54) is 64.2 Å². The van der Waals surface area contributed by atoms with Crippen molar-refractivity contribution < 1.29 is 4.74 Å². The predicted octanol–water partition coefficient (Wildman–Crippen LogP) is 8.23. The number of hydrogen-bond acceptors (Lipinski definition) is 5. The molecule has 178 valence electrons. The zero-order chi connectivity index (χ0) is 23.1. The molecule has 1 N–H and O–H groups in total. The van der Waals surface area contributed by atoms with Gasteiger partial charge in [0.25, 0.3) is 0 Å². The molecule has 3 rings (SSSR count). The first-order valence-corrected chi connectivity index (χ1v) is 13.2. The van der Waals surface area contributed by atoms with Crippen molar-refractivity contribution in [1.29, 1.82) is 0 Å². The zero-order valence-corrected chi connectivity index (χ0v) is 20.9. The monoisotopic (exact) mass is 465 g/mol. The van der Waals surface area contributed by atoms with E-state index in [-0.39, 0.29) is 6.17 Å². The molecule has 1 aliphatic rings. The highest BCUT2D eigenvalue weighted by atomic mass is 32.1. The number of nitrogens with zero attached hydrogens (tertiary/aromatic N) is 2. The molecular formula is C28H39N3OS. The molecular weight excluding hydrogens is 426 g/mol. The first-order valence-electron chi connectivity index (χ1n) is 12.7. The second-order valence-electron chi connectivity index (χ2n) is 8.80. The van der Waals surface area contributed by atoms with Gasteiger partial charge in [0.2, 0.25) is 0 Å². The number of nitrogens with one attached hydrogen (secondary N) is 1. The van der Waals surface area contributed by atoms with Crippen molar-refractivity contribution in [1.82, 2.24) is 5.43 Å². The Morgan fingerprint density at radius 3 is 2.00 bits per heavy atom. The molecule has 1 unspecified atom stereocenters. The van der Waals surface area contributed by atoms with Gasteiger partial charge in [-0.2, -0.15) is 5.10 Å². The molecule has 2 aromatic rings. The van der Waals surface area contributed by atoms with Crippen molar-refractivity contribution in [3.63, 3.8) is 0 Å². The molecule has 1 atom stereocenters. The Labute approximate surface area is 205 Å². The lowest BCUT2D eigenvalue weighted by molar-refractivity contribution is 0.482. The lowest BCUT2D eigenvalue weighted by Gasteiger charge is -2.25. The van der Waals surface area contributed by atoms with E-state index in [0.717, 1.165) is 35.9 Å². The molecule has 2 aromatic carbocycles. The predicted molar refractivity (Wildman–Crippen MR) is 145 cm³/mol. The van der Waals surface area contributed by atoms with Crippen molar-refractivity contribution in [2.75, 3.05) is 4.90 Å². The summed E-state index contributed by atoms with van der Waals surface area (Å²) in [5.41, 5.74) is 4.25. The van der Waals surface area contributed by atoms with Gasteiger partial charge in [-0.3, -0.25) is 5.43 Å². The van der Waals surface area contributed by atoms with Gasteiger partial charge < -0.3 is 9.64 Å². The van der Waals surface area contributed by atoms with Crippen LogP contribution in [0, 0.1) is 0 Å². The van der Waals surface area contributed by atoms with Crippen LogP contribution in [0.5, 0.6) is 11.5 Å². The molecule has 0 spiro atoms. The molecule has 0 bridgehead atoms. The second kappa shape index (κ2) is 14.7. The van der Waals surface area contributed by atoms with Gasteiger partial charge in [0.1, 0.15) is 23.5 Å². The third-order valence-corrected chi connectivity index (χ3v) is 6.37. The van der Waals surface area contributed by atoms with Crippen molar-refractivity contribution >= 4 is 29.1 Å². The number of para-hydroxylation sites is 1. The maximum atomic E-state index is 5.93. The van der Waals surface area contributed by atoms with E-state index in [9.17, 15) is 0 Å². The Balaban J connectivity index is 1.40. The molecule has 0 amide bonds. The summed E-state index contributed by atoms with van der Waals surface area (Å²) in [5, 5.41) is 6.32.